The van der Waals surface area contributed by atoms with Crippen LogP contribution in [0.25, 0.3) is 0 Å². The molecule has 0 aliphatic carbocycles. The van der Waals surface area contributed by atoms with E-state index in [4.69, 9.17) is 28.8 Å². The molecule has 1 N–H and O–H groups in total. The lowest BCUT2D eigenvalue weighted by atomic mass is 9.98. The normalized spacial score (nSPS) is 11.6. The zero-order chi connectivity index (χ0) is 26.2. The van der Waals surface area contributed by atoms with Crippen molar-refractivity contribution >= 4 is 12.3 Å². The molecule has 1 unspecified atom stereocenters. The second-order valence-electron chi connectivity index (χ2n) is 7.44. The summed E-state index contributed by atoms with van der Waals surface area (Å²) in [6, 6.07) is 0. The third kappa shape index (κ3) is 8.03. The average Bonchev–Trinajstić information content (AvgIpc) is 2.68. The number of hydrogen-bond acceptors (Lipinski definition) is 13. The van der Waals surface area contributed by atoms with Gasteiger partial charge in [0.1, 0.15) is 18.3 Å². The molecule has 190 valence electrons. The van der Waals surface area contributed by atoms with Gasteiger partial charge in [0.25, 0.3) is 10.2 Å². The molecule has 1 rings (SSSR count). The van der Waals surface area contributed by atoms with Crippen molar-refractivity contribution in [3.05, 3.63) is 31.4 Å². The average molecular weight is 492 g/mol. The van der Waals surface area contributed by atoms with Gasteiger partial charge in [-0.15, -0.1) is 20.2 Å². The molecule has 0 saturated carbocycles. The highest BCUT2D eigenvalue weighted by Gasteiger charge is 2.32. The minimum atomic E-state index is -1.73. The predicted octanol–water partition coefficient (Wildman–Crippen LogP) is 2.71. The van der Waals surface area contributed by atoms with Crippen LogP contribution in [0.1, 0.15) is 31.9 Å². The van der Waals surface area contributed by atoms with E-state index in [0.29, 0.717) is 0 Å². The fourth-order valence-corrected chi connectivity index (χ4v) is 2.73. The van der Waals surface area contributed by atoms with Gasteiger partial charge in [-0.1, -0.05) is 0 Å². The number of carbonyl (C=O) groups excluding carboxylic acids is 1. The summed E-state index contributed by atoms with van der Waals surface area (Å²) in [6.07, 6.45) is -5.07. The monoisotopic (exact) mass is 492 g/mol. The Morgan fingerprint density at radius 3 is 1.97 bits per heavy atom. The Balaban J connectivity index is 3.73. The number of carbonyl (C=O) groups is 2. The molecule has 1 atom stereocenters. The molecular formula is C18H24N2O14. The van der Waals surface area contributed by atoms with E-state index in [1.165, 1.54) is 6.92 Å². The van der Waals surface area contributed by atoms with Gasteiger partial charge in [0.05, 0.1) is 14.2 Å². The van der Waals surface area contributed by atoms with E-state index in [9.17, 15) is 29.8 Å². The summed E-state index contributed by atoms with van der Waals surface area (Å²) in [5.41, 5.74) is -1.08. The summed E-state index contributed by atoms with van der Waals surface area (Å²) in [5, 5.41) is 28.2. The van der Waals surface area contributed by atoms with Gasteiger partial charge in [0.15, 0.2) is 11.5 Å². The number of methoxy groups -OCH3 is 2. The van der Waals surface area contributed by atoms with Crippen LogP contribution in [-0.4, -0.2) is 60.1 Å². The Morgan fingerprint density at radius 1 is 0.971 bits per heavy atom. The molecule has 0 saturated heterocycles. The van der Waals surface area contributed by atoms with Crippen molar-refractivity contribution in [1.29, 1.82) is 0 Å². The molecule has 0 heterocycles. The molecule has 0 aromatic heterocycles. The van der Waals surface area contributed by atoms with Crippen molar-refractivity contribution in [2.45, 2.75) is 45.8 Å². The molecule has 0 spiro atoms. The van der Waals surface area contributed by atoms with Crippen LogP contribution in [-0.2, 0) is 20.8 Å². The molecule has 0 amide bonds. The first-order valence-electron chi connectivity index (χ1n) is 9.37. The highest BCUT2D eigenvalue weighted by Crippen LogP contribution is 2.50. The topological polar surface area (TPSA) is 205 Å². The van der Waals surface area contributed by atoms with E-state index < -0.39 is 47.2 Å². The van der Waals surface area contributed by atoms with E-state index in [-0.39, 0.29) is 34.1 Å². The lowest BCUT2D eigenvalue weighted by Crippen LogP contribution is -2.29. The van der Waals surface area contributed by atoms with Gasteiger partial charge in [-0.05, 0) is 27.7 Å². The van der Waals surface area contributed by atoms with Crippen LogP contribution in [0.2, 0.25) is 0 Å². The highest BCUT2D eigenvalue weighted by atomic mass is 17.0. The minimum absolute atomic E-state index is 0.0170. The van der Waals surface area contributed by atoms with Crippen molar-refractivity contribution in [2.24, 2.45) is 0 Å². The van der Waals surface area contributed by atoms with E-state index in [1.807, 2.05) is 0 Å². The summed E-state index contributed by atoms with van der Waals surface area (Å²) < 4.78 is 25.6. The summed E-state index contributed by atoms with van der Waals surface area (Å²) >= 11 is 0. The zero-order valence-electron chi connectivity index (χ0n) is 19.1. The second-order valence-corrected chi connectivity index (χ2v) is 7.44. The first kappa shape index (κ1) is 27.8. The minimum Gasteiger partial charge on any atom is -0.490 e. The molecule has 1 aromatic carbocycles. The zero-order valence-corrected chi connectivity index (χ0v) is 19.1. The van der Waals surface area contributed by atoms with Crippen LogP contribution in [0, 0.1) is 27.2 Å². The molecule has 16 heteroatoms. The summed E-state index contributed by atoms with van der Waals surface area (Å²) in [6.45, 7) is 5.14. The smallest absolute Gasteiger partial charge is 0.490 e. The summed E-state index contributed by atoms with van der Waals surface area (Å²) in [4.78, 5) is 53.7. The van der Waals surface area contributed by atoms with Crippen molar-refractivity contribution in [3.8, 4) is 23.0 Å². The maximum Gasteiger partial charge on any atom is 0.514 e. The van der Waals surface area contributed by atoms with Crippen molar-refractivity contribution in [3.63, 3.8) is 0 Å². The van der Waals surface area contributed by atoms with E-state index in [0.717, 1.165) is 14.2 Å². The van der Waals surface area contributed by atoms with Gasteiger partial charge < -0.3 is 38.5 Å². The number of benzene rings is 1. The molecule has 0 aliphatic rings. The largest absolute Gasteiger partial charge is 0.514 e. The summed E-state index contributed by atoms with van der Waals surface area (Å²) in [5.74, 6) is -1.35. The maximum atomic E-state index is 12.4. The molecule has 0 bridgehead atoms. The first-order chi connectivity index (χ1) is 15.7. The molecule has 34 heavy (non-hydrogen) atoms. The standard InChI is InChI=1S/C18H24N2O14/c1-9-11(7-10(34-20(26)27)8-30-19(24)25)13(32-17(23)33-18(2,3)4)15(29-6)14(28-5)12(9)31-16(21)22/h10H,7-8H2,1-6H3,(H,21,22). The number of nitrogens with zero attached hydrogens (tertiary/aromatic N) is 2. The lowest BCUT2D eigenvalue weighted by Gasteiger charge is -2.24. The third-order valence-corrected chi connectivity index (χ3v) is 3.89. The second kappa shape index (κ2) is 11.6. The number of carboxylic acid groups (broad SMARTS) is 1. The third-order valence-electron chi connectivity index (χ3n) is 3.89. The van der Waals surface area contributed by atoms with Gasteiger partial charge in [-0.2, -0.15) is 0 Å². The van der Waals surface area contributed by atoms with Crippen LogP contribution in [0.3, 0.4) is 0 Å². The molecule has 0 fully saturated rings. The molecule has 0 aliphatic heterocycles. The Bertz CT molecular complexity index is 940. The molecule has 0 radical (unpaired) electrons. The number of rotatable bonds is 11. The van der Waals surface area contributed by atoms with Crippen LogP contribution in [0.5, 0.6) is 23.0 Å². The SMILES string of the molecule is COc1c(OC(=O)O)c(C)c(CC(CO[N+](=O)[O-])O[N+](=O)[O-])c(OC(=O)OC(C)(C)C)c1OC. The Kier molecular flexibility index (Phi) is 9.46. The summed E-state index contributed by atoms with van der Waals surface area (Å²) in [7, 11) is 2.30. The van der Waals surface area contributed by atoms with Crippen molar-refractivity contribution < 1.29 is 58.2 Å². The highest BCUT2D eigenvalue weighted by molar-refractivity contribution is 5.75. The van der Waals surface area contributed by atoms with Crippen molar-refractivity contribution in [1.82, 2.24) is 0 Å². The number of ether oxygens (including phenoxy) is 5. The van der Waals surface area contributed by atoms with E-state index >= 15 is 0 Å². The van der Waals surface area contributed by atoms with Gasteiger partial charge in [0, 0.05) is 17.5 Å². The van der Waals surface area contributed by atoms with Crippen molar-refractivity contribution in [2.75, 3.05) is 20.8 Å². The number of hydrogen-bond donors (Lipinski definition) is 1. The maximum absolute atomic E-state index is 12.4. The Morgan fingerprint density at radius 2 is 1.53 bits per heavy atom. The van der Waals surface area contributed by atoms with Gasteiger partial charge in [0.2, 0.25) is 11.5 Å². The van der Waals surface area contributed by atoms with E-state index in [1.54, 1.807) is 20.8 Å². The van der Waals surface area contributed by atoms with E-state index in [2.05, 4.69) is 9.68 Å². The molecule has 16 nitrogen and oxygen atoms in total. The van der Waals surface area contributed by atoms with Crippen LogP contribution >= 0.6 is 0 Å². The molecule has 1 aromatic rings. The van der Waals surface area contributed by atoms with Crippen LogP contribution in [0.15, 0.2) is 0 Å². The fraction of sp³-hybridized carbons (Fsp3) is 0.556. The predicted molar refractivity (Wildman–Crippen MR) is 108 cm³/mol. The quantitative estimate of drug-likeness (QED) is 0.204. The first-order valence-corrected chi connectivity index (χ1v) is 9.37. The van der Waals surface area contributed by atoms with Gasteiger partial charge >= 0.3 is 12.3 Å². The van der Waals surface area contributed by atoms with Gasteiger partial charge in [-0.3, -0.25) is 0 Å². The Labute approximate surface area is 192 Å². The Hall–Kier alpha value is -4.24. The fourth-order valence-electron chi connectivity index (χ4n) is 2.73. The lowest BCUT2D eigenvalue weighted by molar-refractivity contribution is -0.789. The van der Waals surface area contributed by atoms with Gasteiger partial charge in [-0.25, -0.2) is 9.59 Å². The molecular weight excluding hydrogens is 468 g/mol. The van der Waals surface area contributed by atoms with Crippen LogP contribution < -0.4 is 18.9 Å². The van der Waals surface area contributed by atoms with Crippen LogP contribution in [0.4, 0.5) is 9.59 Å².